The molecule has 0 aromatic heterocycles. The van der Waals surface area contributed by atoms with Crippen molar-refractivity contribution in [2.24, 2.45) is 0 Å². The second kappa shape index (κ2) is 13.6. The van der Waals surface area contributed by atoms with Crippen molar-refractivity contribution in [3.05, 3.63) is 29.8 Å². The van der Waals surface area contributed by atoms with Crippen molar-refractivity contribution >= 4 is 12.6 Å². The van der Waals surface area contributed by atoms with Gasteiger partial charge in [-0.2, -0.15) is 0 Å². The van der Waals surface area contributed by atoms with Crippen molar-refractivity contribution in [2.75, 3.05) is 0 Å². The Morgan fingerprint density at radius 3 is 1.60 bits per heavy atom. The van der Waals surface area contributed by atoms with E-state index in [1.165, 1.54) is 95.5 Å². The summed E-state index contributed by atoms with van der Waals surface area (Å²) in [5.41, 5.74) is 1.57. The molecule has 0 aliphatic rings. The highest BCUT2D eigenvalue weighted by Gasteiger charge is 2.22. The average molecular weight is 362 g/mol. The highest BCUT2D eigenvalue weighted by Crippen LogP contribution is 2.33. The zero-order chi connectivity index (χ0) is 18.4. The fourth-order valence-electron chi connectivity index (χ4n) is 3.75. The summed E-state index contributed by atoms with van der Waals surface area (Å²) in [7, 11) is 0. The number of hydrogen-bond donors (Lipinski definition) is 0. The van der Waals surface area contributed by atoms with Gasteiger partial charge in [0.05, 0.1) is 0 Å². The minimum Gasteiger partial charge on any atom is -0.0798 e. The van der Waals surface area contributed by atoms with E-state index in [0.717, 1.165) is 4.90 Å². The summed E-state index contributed by atoms with van der Waals surface area (Å²) < 4.78 is 0. The highest BCUT2D eigenvalue weighted by atomic mass is 32.1. The van der Waals surface area contributed by atoms with Crippen LogP contribution in [0.1, 0.15) is 116 Å². The first-order valence-corrected chi connectivity index (χ1v) is 11.3. The molecular formula is C24H41S. The van der Waals surface area contributed by atoms with Gasteiger partial charge in [0.25, 0.3) is 0 Å². The van der Waals surface area contributed by atoms with Gasteiger partial charge >= 0.3 is 0 Å². The van der Waals surface area contributed by atoms with Gasteiger partial charge in [-0.15, -0.1) is 0 Å². The van der Waals surface area contributed by atoms with Crippen LogP contribution >= 0.6 is 12.6 Å². The topological polar surface area (TPSA) is 0 Å². The lowest BCUT2D eigenvalue weighted by Gasteiger charge is -2.26. The van der Waals surface area contributed by atoms with Crippen molar-refractivity contribution < 1.29 is 0 Å². The Balaban J connectivity index is 1.97. The van der Waals surface area contributed by atoms with Gasteiger partial charge in [-0.25, -0.2) is 0 Å². The predicted octanol–water partition coefficient (Wildman–Crippen LogP) is 9.00. The summed E-state index contributed by atoms with van der Waals surface area (Å²) >= 11 is 5.50. The molecule has 0 nitrogen and oxygen atoms in total. The molecule has 1 heteroatoms. The number of unbranched alkanes of at least 4 members (excludes halogenated alkanes) is 12. The highest BCUT2D eigenvalue weighted by molar-refractivity contribution is 7.80. The van der Waals surface area contributed by atoms with Crippen molar-refractivity contribution in [3.8, 4) is 0 Å². The lowest BCUT2D eigenvalue weighted by molar-refractivity contribution is 0.435. The molecule has 0 saturated carbocycles. The third-order valence-corrected chi connectivity index (χ3v) is 5.88. The van der Waals surface area contributed by atoms with E-state index in [1.54, 1.807) is 0 Å². The Bertz CT molecular complexity index is 435. The average Bonchev–Trinajstić information content (AvgIpc) is 2.59. The maximum Gasteiger partial charge on any atom is 0.0414 e. The summed E-state index contributed by atoms with van der Waals surface area (Å²) in [6.07, 6.45) is 19.7. The van der Waals surface area contributed by atoms with Crippen molar-refractivity contribution in [2.45, 2.75) is 121 Å². The summed E-state index contributed by atoms with van der Waals surface area (Å²) in [5.74, 6) is 0. The van der Waals surface area contributed by atoms with E-state index < -0.39 is 0 Å². The molecule has 1 rings (SSSR count). The van der Waals surface area contributed by atoms with Crippen LogP contribution in [0.5, 0.6) is 0 Å². The molecule has 0 bridgehead atoms. The molecule has 0 aliphatic carbocycles. The van der Waals surface area contributed by atoms with E-state index in [0.29, 0.717) is 0 Å². The molecule has 1 aromatic carbocycles. The van der Waals surface area contributed by atoms with Crippen LogP contribution in [0.25, 0.3) is 0 Å². The standard InChI is InChI=1S/C24H41S/c1-4-5-6-7-8-9-10-11-12-13-14-15-18-21-24(2,3)22-19-16-17-20-23(22)25/h16-17,19-20H,4-15,18,21H2,1-3H3. The molecule has 1 radical (unpaired) electrons. The van der Waals surface area contributed by atoms with Crippen LogP contribution in [0.15, 0.2) is 29.2 Å². The Labute approximate surface area is 163 Å². The molecule has 0 unspecified atom stereocenters. The van der Waals surface area contributed by atoms with E-state index >= 15 is 0 Å². The molecule has 0 N–H and O–H groups in total. The van der Waals surface area contributed by atoms with Gasteiger partial charge in [0.15, 0.2) is 0 Å². The zero-order valence-corrected chi connectivity index (χ0v) is 17.9. The van der Waals surface area contributed by atoms with Gasteiger partial charge in [-0.1, -0.05) is 135 Å². The van der Waals surface area contributed by atoms with E-state index in [1.807, 2.05) is 6.07 Å². The Kier molecular flexibility index (Phi) is 12.2. The van der Waals surface area contributed by atoms with Crippen LogP contribution in [-0.2, 0) is 5.41 Å². The molecular weight excluding hydrogens is 320 g/mol. The van der Waals surface area contributed by atoms with Crippen LogP contribution in [-0.4, -0.2) is 0 Å². The van der Waals surface area contributed by atoms with E-state index in [2.05, 4.69) is 39.0 Å². The van der Waals surface area contributed by atoms with Crippen LogP contribution in [0, 0.1) is 0 Å². The minimum atomic E-state index is 0.218. The van der Waals surface area contributed by atoms with Crippen molar-refractivity contribution in [1.82, 2.24) is 0 Å². The molecule has 0 aliphatic heterocycles. The molecule has 0 saturated heterocycles. The normalized spacial score (nSPS) is 11.8. The maximum absolute atomic E-state index is 5.50. The fourth-order valence-corrected chi connectivity index (χ4v) is 4.17. The lowest BCUT2D eigenvalue weighted by atomic mass is 9.80. The van der Waals surface area contributed by atoms with E-state index in [4.69, 9.17) is 12.6 Å². The van der Waals surface area contributed by atoms with Gasteiger partial charge in [-0.05, 0) is 23.5 Å². The summed E-state index contributed by atoms with van der Waals surface area (Å²) in [6, 6.07) is 8.45. The molecule has 0 heterocycles. The van der Waals surface area contributed by atoms with Crippen molar-refractivity contribution in [3.63, 3.8) is 0 Å². The van der Waals surface area contributed by atoms with Gasteiger partial charge in [-0.3, -0.25) is 0 Å². The molecule has 25 heavy (non-hydrogen) atoms. The van der Waals surface area contributed by atoms with Crippen molar-refractivity contribution in [1.29, 1.82) is 0 Å². The van der Waals surface area contributed by atoms with Crippen LogP contribution < -0.4 is 0 Å². The Morgan fingerprint density at radius 2 is 1.12 bits per heavy atom. The Morgan fingerprint density at radius 1 is 0.680 bits per heavy atom. The first kappa shape index (κ1) is 22.5. The zero-order valence-electron chi connectivity index (χ0n) is 17.1. The van der Waals surface area contributed by atoms with Gasteiger partial charge < -0.3 is 0 Å². The first-order valence-electron chi connectivity index (χ1n) is 10.8. The predicted molar refractivity (Wildman–Crippen MR) is 116 cm³/mol. The van der Waals surface area contributed by atoms with Gasteiger partial charge in [0.1, 0.15) is 0 Å². The summed E-state index contributed by atoms with van der Waals surface area (Å²) in [4.78, 5) is 1.03. The number of rotatable bonds is 15. The third-order valence-electron chi connectivity index (χ3n) is 5.52. The van der Waals surface area contributed by atoms with Gasteiger partial charge in [0, 0.05) is 4.90 Å². The maximum atomic E-state index is 5.50. The molecule has 0 spiro atoms. The Hall–Kier alpha value is -0.560. The summed E-state index contributed by atoms with van der Waals surface area (Å²) in [6.45, 7) is 6.98. The smallest absolute Gasteiger partial charge is 0.0414 e. The number of hydrogen-bond acceptors (Lipinski definition) is 0. The quantitative estimate of drug-likeness (QED) is 0.273. The van der Waals surface area contributed by atoms with E-state index in [9.17, 15) is 0 Å². The second-order valence-corrected chi connectivity index (χ2v) is 8.81. The molecule has 1 aromatic rings. The number of benzene rings is 1. The van der Waals surface area contributed by atoms with E-state index in [-0.39, 0.29) is 5.41 Å². The summed E-state index contributed by atoms with van der Waals surface area (Å²) in [5, 5.41) is 0. The van der Waals surface area contributed by atoms with Crippen LogP contribution in [0.3, 0.4) is 0 Å². The largest absolute Gasteiger partial charge is 0.0798 e. The monoisotopic (exact) mass is 361 g/mol. The molecule has 0 fully saturated rings. The third kappa shape index (κ3) is 10.2. The minimum absolute atomic E-state index is 0.218. The fraction of sp³-hybridized carbons (Fsp3) is 0.750. The lowest BCUT2D eigenvalue weighted by Crippen LogP contribution is -2.17. The SMILES string of the molecule is CCCCCCCCCCCCCCCC(C)(C)c1ccccc1[S]. The van der Waals surface area contributed by atoms with Crippen LogP contribution in [0.2, 0.25) is 0 Å². The van der Waals surface area contributed by atoms with Gasteiger partial charge in [0.2, 0.25) is 0 Å². The molecule has 0 atom stereocenters. The first-order chi connectivity index (χ1) is 12.1. The van der Waals surface area contributed by atoms with Crippen LogP contribution in [0.4, 0.5) is 0 Å². The second-order valence-electron chi connectivity index (χ2n) is 8.37. The molecule has 143 valence electrons. The molecule has 0 amide bonds.